The molecular formula is C13H16NO. The Hall–Kier alpha value is -1.40. The van der Waals surface area contributed by atoms with Gasteiger partial charge in [0.15, 0.2) is 0 Å². The number of hydrogen-bond donors (Lipinski definition) is 0. The van der Waals surface area contributed by atoms with Crippen LogP contribution in [0.2, 0.25) is 0 Å². The van der Waals surface area contributed by atoms with Crippen LogP contribution in [0, 0.1) is 6.54 Å². The molecule has 0 saturated heterocycles. The van der Waals surface area contributed by atoms with Crippen LogP contribution in [0.5, 0.6) is 0 Å². The quantitative estimate of drug-likeness (QED) is 0.379. The molecule has 0 spiro atoms. The van der Waals surface area contributed by atoms with Crippen molar-refractivity contribution >= 4 is 6.08 Å². The molecule has 2 nitrogen and oxygen atoms in total. The second-order valence-corrected chi connectivity index (χ2v) is 3.49. The van der Waals surface area contributed by atoms with E-state index < -0.39 is 0 Å². The second kappa shape index (κ2) is 7.95. The summed E-state index contributed by atoms with van der Waals surface area (Å²) < 4.78 is 0. The Bertz CT molecular complexity index is 302. The Morgan fingerprint density at radius 1 is 1.13 bits per heavy atom. The average molecular weight is 202 g/mol. The first-order chi connectivity index (χ1) is 7.43. The highest BCUT2D eigenvalue weighted by atomic mass is 16.1. The van der Waals surface area contributed by atoms with E-state index in [4.69, 9.17) is 0 Å². The third-order valence-corrected chi connectivity index (χ3v) is 2.29. The van der Waals surface area contributed by atoms with Crippen molar-refractivity contribution in [2.24, 2.45) is 4.99 Å². The van der Waals surface area contributed by atoms with Gasteiger partial charge in [0.1, 0.15) is 0 Å². The number of rotatable bonds is 7. The third-order valence-electron chi connectivity index (χ3n) is 2.29. The van der Waals surface area contributed by atoms with E-state index in [2.05, 4.69) is 29.3 Å². The zero-order chi connectivity index (χ0) is 10.8. The molecule has 0 atom stereocenters. The molecule has 0 bridgehead atoms. The molecule has 0 aliphatic rings. The molecule has 0 heterocycles. The molecule has 2 heteroatoms. The first kappa shape index (κ1) is 11.7. The minimum Gasteiger partial charge on any atom is -0.211 e. The van der Waals surface area contributed by atoms with E-state index in [1.807, 2.05) is 6.07 Å². The molecule has 1 radical (unpaired) electrons. The number of aliphatic imine (C=N–C) groups is 1. The van der Waals surface area contributed by atoms with E-state index in [0.717, 1.165) is 19.3 Å². The topological polar surface area (TPSA) is 29.4 Å². The summed E-state index contributed by atoms with van der Waals surface area (Å²) in [6.07, 6.45) is 6.99. The molecule has 79 valence electrons. The van der Waals surface area contributed by atoms with Gasteiger partial charge in [-0.15, -0.1) is 0 Å². The maximum Gasteiger partial charge on any atom is 0.235 e. The molecule has 0 unspecified atom stereocenters. The predicted octanol–water partition coefficient (Wildman–Crippen LogP) is 3.29. The lowest BCUT2D eigenvalue weighted by Gasteiger charge is -2.00. The SMILES string of the molecule is O=C=N[CH]CCCCCc1ccccc1. The molecule has 0 N–H and O–H groups in total. The summed E-state index contributed by atoms with van der Waals surface area (Å²) in [5.74, 6) is 0. The van der Waals surface area contributed by atoms with Gasteiger partial charge in [0.25, 0.3) is 0 Å². The van der Waals surface area contributed by atoms with Crippen LogP contribution in [0.4, 0.5) is 0 Å². The predicted molar refractivity (Wildman–Crippen MR) is 61.0 cm³/mol. The van der Waals surface area contributed by atoms with Crippen molar-refractivity contribution in [3.8, 4) is 0 Å². The number of isocyanates is 1. The van der Waals surface area contributed by atoms with E-state index in [0.29, 0.717) is 0 Å². The van der Waals surface area contributed by atoms with Crippen LogP contribution >= 0.6 is 0 Å². The number of nitrogens with zero attached hydrogens (tertiary/aromatic N) is 1. The number of carbonyl (C=O) groups excluding carboxylic acids is 1. The summed E-state index contributed by atoms with van der Waals surface area (Å²) in [4.78, 5) is 13.2. The summed E-state index contributed by atoms with van der Waals surface area (Å²) in [7, 11) is 0. The van der Waals surface area contributed by atoms with Gasteiger partial charge in [0.05, 0.1) is 6.54 Å². The third kappa shape index (κ3) is 5.82. The molecule has 1 aromatic carbocycles. The van der Waals surface area contributed by atoms with Crippen LogP contribution in [0.25, 0.3) is 0 Å². The van der Waals surface area contributed by atoms with Gasteiger partial charge < -0.3 is 0 Å². The van der Waals surface area contributed by atoms with E-state index in [1.165, 1.54) is 24.5 Å². The van der Waals surface area contributed by atoms with Gasteiger partial charge in [-0.1, -0.05) is 43.2 Å². The summed E-state index contributed by atoms with van der Waals surface area (Å²) in [5.41, 5.74) is 1.40. The highest BCUT2D eigenvalue weighted by molar-refractivity contribution is 5.33. The Labute approximate surface area is 91.0 Å². The molecule has 1 aromatic rings. The van der Waals surface area contributed by atoms with Crippen molar-refractivity contribution in [3.63, 3.8) is 0 Å². The number of hydrogen-bond acceptors (Lipinski definition) is 2. The van der Waals surface area contributed by atoms with E-state index in [9.17, 15) is 4.79 Å². The molecule has 0 aliphatic carbocycles. The largest absolute Gasteiger partial charge is 0.235 e. The van der Waals surface area contributed by atoms with Crippen molar-refractivity contribution in [2.75, 3.05) is 0 Å². The molecular weight excluding hydrogens is 186 g/mol. The lowest BCUT2D eigenvalue weighted by atomic mass is 10.1. The van der Waals surface area contributed by atoms with Gasteiger partial charge in [-0.3, -0.25) is 0 Å². The average Bonchev–Trinajstić information content (AvgIpc) is 2.29. The normalized spacial score (nSPS) is 9.60. The van der Waals surface area contributed by atoms with Crippen LogP contribution in [-0.2, 0) is 11.2 Å². The summed E-state index contributed by atoms with van der Waals surface area (Å²) in [6, 6.07) is 10.5. The Balaban J connectivity index is 2.00. The summed E-state index contributed by atoms with van der Waals surface area (Å²) in [6.45, 7) is 1.63. The zero-order valence-corrected chi connectivity index (χ0v) is 8.86. The molecule has 0 fully saturated rings. The van der Waals surface area contributed by atoms with Gasteiger partial charge >= 0.3 is 0 Å². The molecule has 15 heavy (non-hydrogen) atoms. The summed E-state index contributed by atoms with van der Waals surface area (Å²) >= 11 is 0. The molecule has 0 aromatic heterocycles. The first-order valence-electron chi connectivity index (χ1n) is 5.36. The minimum absolute atomic E-state index is 0.879. The van der Waals surface area contributed by atoms with Crippen molar-refractivity contribution in [3.05, 3.63) is 42.4 Å². The Morgan fingerprint density at radius 3 is 2.67 bits per heavy atom. The first-order valence-corrected chi connectivity index (χ1v) is 5.36. The van der Waals surface area contributed by atoms with Crippen LogP contribution in [0.15, 0.2) is 35.3 Å². The van der Waals surface area contributed by atoms with Gasteiger partial charge in [-0.25, -0.2) is 9.79 Å². The lowest BCUT2D eigenvalue weighted by molar-refractivity contribution is 0.563. The fraction of sp³-hybridized carbons (Fsp3) is 0.385. The maximum atomic E-state index is 9.76. The number of unbranched alkanes of at least 4 members (excludes halogenated alkanes) is 3. The van der Waals surface area contributed by atoms with Crippen molar-refractivity contribution < 1.29 is 4.79 Å². The van der Waals surface area contributed by atoms with Crippen molar-refractivity contribution in [1.82, 2.24) is 0 Å². The number of aryl methyl sites for hydroxylation is 1. The highest BCUT2D eigenvalue weighted by Crippen LogP contribution is 2.08. The zero-order valence-electron chi connectivity index (χ0n) is 8.86. The van der Waals surface area contributed by atoms with Gasteiger partial charge in [0.2, 0.25) is 6.08 Å². The molecule has 0 aliphatic heterocycles. The highest BCUT2D eigenvalue weighted by Gasteiger charge is 1.92. The molecule has 1 rings (SSSR count). The van der Waals surface area contributed by atoms with Crippen molar-refractivity contribution in [2.45, 2.75) is 32.1 Å². The van der Waals surface area contributed by atoms with Gasteiger partial charge in [-0.05, 0) is 24.8 Å². The van der Waals surface area contributed by atoms with Gasteiger partial charge in [-0.2, -0.15) is 0 Å². The molecule has 0 saturated carbocycles. The molecule has 0 amide bonds. The monoisotopic (exact) mass is 202 g/mol. The summed E-state index contributed by atoms with van der Waals surface area (Å²) in [5, 5.41) is 0. The van der Waals surface area contributed by atoms with Crippen LogP contribution in [0.3, 0.4) is 0 Å². The van der Waals surface area contributed by atoms with Crippen LogP contribution in [-0.4, -0.2) is 6.08 Å². The van der Waals surface area contributed by atoms with E-state index in [-0.39, 0.29) is 0 Å². The minimum atomic E-state index is 0.879. The van der Waals surface area contributed by atoms with Crippen LogP contribution < -0.4 is 0 Å². The Morgan fingerprint density at radius 2 is 1.93 bits per heavy atom. The van der Waals surface area contributed by atoms with Crippen molar-refractivity contribution in [1.29, 1.82) is 0 Å². The fourth-order valence-corrected chi connectivity index (χ4v) is 1.49. The maximum absolute atomic E-state index is 9.76. The fourth-order valence-electron chi connectivity index (χ4n) is 1.49. The Kier molecular flexibility index (Phi) is 6.19. The van der Waals surface area contributed by atoms with E-state index in [1.54, 1.807) is 6.54 Å². The lowest BCUT2D eigenvalue weighted by Crippen LogP contribution is -1.85. The van der Waals surface area contributed by atoms with E-state index >= 15 is 0 Å². The number of benzene rings is 1. The standard InChI is InChI=1S/C13H16NO/c15-12-14-11-7-2-1-4-8-13-9-5-3-6-10-13/h3,5-6,9-11H,1-2,4,7-8H2. The smallest absolute Gasteiger partial charge is 0.211 e. The second-order valence-electron chi connectivity index (χ2n) is 3.49. The van der Waals surface area contributed by atoms with Crippen LogP contribution in [0.1, 0.15) is 31.2 Å². The van der Waals surface area contributed by atoms with Gasteiger partial charge in [0, 0.05) is 0 Å².